The van der Waals surface area contributed by atoms with E-state index in [1.54, 1.807) is 0 Å². The van der Waals surface area contributed by atoms with Crippen LogP contribution in [0.2, 0.25) is 0 Å². The molecule has 5 nitrogen and oxygen atoms in total. The summed E-state index contributed by atoms with van der Waals surface area (Å²) < 4.78 is 0. The lowest BCUT2D eigenvalue weighted by molar-refractivity contribution is -0.150. The van der Waals surface area contributed by atoms with Gasteiger partial charge in [0.25, 0.3) is 0 Å². The molecule has 1 fully saturated rings. The molecular formula is C14H22N2O3S. The van der Waals surface area contributed by atoms with Crippen LogP contribution in [0.15, 0.2) is 0 Å². The molecule has 3 atom stereocenters. The van der Waals surface area contributed by atoms with Gasteiger partial charge in [-0.15, -0.1) is 11.8 Å². The number of carboxylic acid groups (broad SMARTS) is 1. The Morgan fingerprint density at radius 3 is 2.65 bits per heavy atom. The molecule has 0 aliphatic heterocycles. The first-order valence-corrected chi connectivity index (χ1v) is 7.93. The molecule has 1 aliphatic rings. The normalized spacial score (nSPS) is 28.4. The number of hydrogen-bond acceptors (Lipinski definition) is 4. The van der Waals surface area contributed by atoms with Gasteiger partial charge in [-0.1, -0.05) is 20.8 Å². The quantitative estimate of drug-likeness (QED) is 0.756. The van der Waals surface area contributed by atoms with Crippen LogP contribution >= 0.6 is 11.8 Å². The molecule has 0 spiro atoms. The van der Waals surface area contributed by atoms with Gasteiger partial charge in [0, 0.05) is 6.04 Å². The average molecular weight is 298 g/mol. The van der Waals surface area contributed by atoms with E-state index in [2.05, 4.69) is 5.32 Å². The standard InChI is InChI=1S/C14H22N2O3S/c1-9-11(16-12(17)8-20-7-6-15)5-4-10(13(18)19)14(9,2)3/h9-11H,4-5,7-8H2,1-3H3,(H,16,17)(H,18,19). The number of carbonyl (C=O) groups excluding carboxylic acids is 1. The first-order valence-electron chi connectivity index (χ1n) is 6.77. The highest BCUT2D eigenvalue weighted by atomic mass is 32.2. The molecule has 0 saturated heterocycles. The predicted molar refractivity (Wildman–Crippen MR) is 78.2 cm³/mol. The molecule has 0 radical (unpaired) electrons. The van der Waals surface area contributed by atoms with Gasteiger partial charge in [-0.2, -0.15) is 5.26 Å². The Hall–Kier alpha value is -1.22. The van der Waals surface area contributed by atoms with E-state index in [-0.39, 0.29) is 35.0 Å². The number of nitriles is 1. The van der Waals surface area contributed by atoms with Crippen molar-refractivity contribution in [2.45, 2.75) is 39.7 Å². The minimum absolute atomic E-state index is 0.00999. The second kappa shape index (κ2) is 6.98. The molecule has 1 amide bonds. The van der Waals surface area contributed by atoms with Gasteiger partial charge in [0.2, 0.25) is 5.91 Å². The zero-order valence-corrected chi connectivity index (χ0v) is 13.0. The van der Waals surface area contributed by atoms with Crippen LogP contribution in [-0.4, -0.2) is 34.5 Å². The summed E-state index contributed by atoms with van der Waals surface area (Å²) >= 11 is 1.29. The molecule has 20 heavy (non-hydrogen) atoms. The van der Waals surface area contributed by atoms with E-state index >= 15 is 0 Å². The molecule has 0 heterocycles. The number of carbonyl (C=O) groups is 2. The number of rotatable bonds is 5. The van der Waals surface area contributed by atoms with Crippen molar-refractivity contribution in [1.29, 1.82) is 5.26 Å². The van der Waals surface area contributed by atoms with Crippen LogP contribution in [0.3, 0.4) is 0 Å². The zero-order chi connectivity index (χ0) is 15.3. The topological polar surface area (TPSA) is 90.2 Å². The van der Waals surface area contributed by atoms with Crippen LogP contribution in [0.4, 0.5) is 0 Å². The molecular weight excluding hydrogens is 276 g/mol. The van der Waals surface area contributed by atoms with Gasteiger partial charge in [0.05, 0.1) is 23.5 Å². The van der Waals surface area contributed by atoms with Crippen molar-refractivity contribution in [2.24, 2.45) is 17.3 Å². The van der Waals surface area contributed by atoms with Gasteiger partial charge in [-0.05, 0) is 24.2 Å². The Bertz CT molecular complexity index is 417. The monoisotopic (exact) mass is 298 g/mol. The molecule has 0 bridgehead atoms. The van der Waals surface area contributed by atoms with Crippen LogP contribution in [0.1, 0.15) is 33.6 Å². The summed E-state index contributed by atoms with van der Waals surface area (Å²) in [5.74, 6) is -0.511. The fourth-order valence-electron chi connectivity index (χ4n) is 2.88. The fourth-order valence-corrected chi connectivity index (χ4v) is 3.34. The van der Waals surface area contributed by atoms with Crippen molar-refractivity contribution in [2.75, 3.05) is 11.5 Å². The fraction of sp³-hybridized carbons (Fsp3) is 0.786. The molecule has 0 aromatic rings. The third kappa shape index (κ3) is 3.89. The van der Waals surface area contributed by atoms with E-state index in [0.717, 1.165) is 0 Å². The largest absolute Gasteiger partial charge is 0.481 e. The second-order valence-corrected chi connectivity index (χ2v) is 6.89. The minimum atomic E-state index is -0.754. The maximum atomic E-state index is 11.8. The molecule has 0 aromatic heterocycles. The van der Waals surface area contributed by atoms with Crippen molar-refractivity contribution >= 4 is 23.6 Å². The smallest absolute Gasteiger partial charge is 0.307 e. The number of carboxylic acids is 1. The first-order chi connectivity index (χ1) is 9.30. The van der Waals surface area contributed by atoms with E-state index in [9.17, 15) is 14.7 Å². The van der Waals surface area contributed by atoms with Crippen LogP contribution < -0.4 is 5.32 Å². The van der Waals surface area contributed by atoms with Crippen molar-refractivity contribution in [3.8, 4) is 6.07 Å². The molecule has 0 aromatic carbocycles. The maximum Gasteiger partial charge on any atom is 0.307 e. The van der Waals surface area contributed by atoms with Gasteiger partial charge in [0.1, 0.15) is 0 Å². The Labute approximate surface area is 124 Å². The number of aliphatic carboxylic acids is 1. The van der Waals surface area contributed by atoms with E-state index in [1.807, 2.05) is 26.8 Å². The zero-order valence-electron chi connectivity index (χ0n) is 12.2. The summed E-state index contributed by atoms with van der Waals surface area (Å²) in [7, 11) is 0. The minimum Gasteiger partial charge on any atom is -0.481 e. The highest BCUT2D eigenvalue weighted by Gasteiger charge is 2.46. The van der Waals surface area contributed by atoms with E-state index < -0.39 is 5.97 Å². The van der Waals surface area contributed by atoms with Crippen LogP contribution in [0, 0.1) is 28.6 Å². The molecule has 2 N–H and O–H groups in total. The van der Waals surface area contributed by atoms with Crippen molar-refractivity contribution in [1.82, 2.24) is 5.32 Å². The Balaban J connectivity index is 2.60. The average Bonchev–Trinajstić information content (AvgIpc) is 2.35. The van der Waals surface area contributed by atoms with Gasteiger partial charge >= 0.3 is 5.97 Å². The number of nitrogens with zero attached hydrogens (tertiary/aromatic N) is 1. The summed E-state index contributed by atoms with van der Waals surface area (Å²) in [6, 6.07) is 1.99. The molecule has 1 aliphatic carbocycles. The number of nitrogens with one attached hydrogen (secondary N) is 1. The van der Waals surface area contributed by atoms with Gasteiger partial charge < -0.3 is 10.4 Å². The van der Waals surface area contributed by atoms with Gasteiger partial charge in [-0.3, -0.25) is 9.59 Å². The van der Waals surface area contributed by atoms with E-state index in [4.69, 9.17) is 5.26 Å². The highest BCUT2D eigenvalue weighted by molar-refractivity contribution is 8.00. The summed E-state index contributed by atoms with van der Waals surface area (Å²) in [6.45, 7) is 5.92. The number of hydrogen-bond donors (Lipinski definition) is 2. The molecule has 6 heteroatoms. The van der Waals surface area contributed by atoms with E-state index in [1.165, 1.54) is 11.8 Å². The summed E-state index contributed by atoms with van der Waals surface area (Å²) in [5, 5.41) is 20.7. The van der Waals surface area contributed by atoms with Crippen LogP contribution in [0.25, 0.3) is 0 Å². The third-order valence-corrected chi connectivity index (χ3v) is 5.29. The highest BCUT2D eigenvalue weighted by Crippen LogP contribution is 2.45. The Morgan fingerprint density at radius 1 is 1.45 bits per heavy atom. The SMILES string of the molecule is CC1C(NC(=O)CSCC#N)CCC(C(=O)O)C1(C)C. The van der Waals surface area contributed by atoms with Crippen LogP contribution in [-0.2, 0) is 9.59 Å². The summed E-state index contributed by atoms with van der Waals surface area (Å²) in [6.07, 6.45) is 1.28. The maximum absolute atomic E-state index is 11.8. The molecule has 112 valence electrons. The van der Waals surface area contributed by atoms with Crippen molar-refractivity contribution < 1.29 is 14.7 Å². The Kier molecular flexibility index (Phi) is 5.88. The van der Waals surface area contributed by atoms with Crippen molar-refractivity contribution in [3.63, 3.8) is 0 Å². The van der Waals surface area contributed by atoms with Gasteiger partial charge in [-0.25, -0.2) is 0 Å². The lowest BCUT2D eigenvalue weighted by Gasteiger charge is -2.46. The first kappa shape index (κ1) is 16.8. The second-order valence-electron chi connectivity index (χ2n) is 5.90. The lowest BCUT2D eigenvalue weighted by atomic mass is 9.61. The molecule has 3 unspecified atom stereocenters. The Morgan fingerprint density at radius 2 is 2.10 bits per heavy atom. The van der Waals surface area contributed by atoms with E-state index in [0.29, 0.717) is 18.6 Å². The summed E-state index contributed by atoms with van der Waals surface area (Å²) in [4.78, 5) is 23.1. The predicted octanol–water partition coefficient (Wildman–Crippen LogP) is 1.88. The third-order valence-electron chi connectivity index (χ3n) is 4.49. The molecule has 1 rings (SSSR count). The van der Waals surface area contributed by atoms with Crippen molar-refractivity contribution in [3.05, 3.63) is 0 Å². The van der Waals surface area contributed by atoms with Crippen LogP contribution in [0.5, 0.6) is 0 Å². The lowest BCUT2D eigenvalue weighted by Crippen LogP contribution is -2.52. The number of thioether (sulfide) groups is 1. The summed E-state index contributed by atoms with van der Waals surface area (Å²) in [5.41, 5.74) is -0.345. The number of amides is 1. The van der Waals surface area contributed by atoms with Gasteiger partial charge in [0.15, 0.2) is 0 Å². The molecule has 1 saturated carbocycles.